The van der Waals surface area contributed by atoms with Crippen LogP contribution in [0.4, 0.5) is 5.69 Å². The van der Waals surface area contributed by atoms with Gasteiger partial charge in [0.2, 0.25) is 11.8 Å². The average molecular weight is 346 g/mol. The van der Waals surface area contributed by atoms with E-state index in [1.54, 1.807) is 42.5 Å². The summed E-state index contributed by atoms with van der Waals surface area (Å²) in [7, 11) is 0. The van der Waals surface area contributed by atoms with Gasteiger partial charge in [0.25, 0.3) is 5.91 Å². The number of hydrogen-bond donors (Lipinski definition) is 3. The molecule has 124 valence electrons. The van der Waals surface area contributed by atoms with Gasteiger partial charge in [0.1, 0.15) is 0 Å². The maximum Gasteiger partial charge on any atom is 0.269 e. The molecule has 0 spiro atoms. The second kappa shape index (κ2) is 8.69. The summed E-state index contributed by atoms with van der Waals surface area (Å²) >= 11 is 5.79. The van der Waals surface area contributed by atoms with Crippen molar-refractivity contribution >= 4 is 35.0 Å². The molecule has 3 amide bonds. The van der Waals surface area contributed by atoms with Gasteiger partial charge in [-0.3, -0.25) is 25.2 Å². The van der Waals surface area contributed by atoms with Crippen molar-refractivity contribution in [3.8, 4) is 0 Å². The Bertz CT molecular complexity index is 735. The van der Waals surface area contributed by atoms with Crippen molar-refractivity contribution in [2.24, 2.45) is 0 Å². The van der Waals surface area contributed by atoms with Gasteiger partial charge >= 0.3 is 0 Å². The maximum atomic E-state index is 11.8. The van der Waals surface area contributed by atoms with Crippen LogP contribution in [0.5, 0.6) is 0 Å². The molecule has 0 aliphatic heterocycles. The van der Waals surface area contributed by atoms with Crippen molar-refractivity contribution in [2.45, 2.75) is 12.8 Å². The molecule has 0 fully saturated rings. The molecule has 0 aliphatic carbocycles. The van der Waals surface area contributed by atoms with Gasteiger partial charge in [-0.2, -0.15) is 0 Å². The fraction of sp³-hybridized carbons (Fsp3) is 0.118. The number of para-hydroxylation sites is 1. The van der Waals surface area contributed by atoms with E-state index in [0.717, 1.165) is 0 Å². The van der Waals surface area contributed by atoms with Crippen LogP contribution in [0.2, 0.25) is 5.02 Å². The van der Waals surface area contributed by atoms with Crippen LogP contribution < -0.4 is 16.2 Å². The Labute approximate surface area is 144 Å². The summed E-state index contributed by atoms with van der Waals surface area (Å²) in [5.74, 6) is -1.23. The quantitative estimate of drug-likeness (QED) is 0.728. The summed E-state index contributed by atoms with van der Waals surface area (Å²) in [5, 5.41) is 3.10. The smallest absolute Gasteiger partial charge is 0.269 e. The Hall–Kier alpha value is -2.86. The van der Waals surface area contributed by atoms with Crippen LogP contribution in [-0.2, 0) is 9.59 Å². The zero-order valence-electron chi connectivity index (χ0n) is 12.7. The third kappa shape index (κ3) is 5.73. The molecule has 7 heteroatoms. The van der Waals surface area contributed by atoms with Crippen molar-refractivity contribution in [3.63, 3.8) is 0 Å². The van der Waals surface area contributed by atoms with Crippen LogP contribution in [0, 0.1) is 0 Å². The number of carbonyl (C=O) groups is 3. The molecule has 2 aromatic carbocycles. The van der Waals surface area contributed by atoms with Gasteiger partial charge in [-0.25, -0.2) is 0 Å². The van der Waals surface area contributed by atoms with Crippen LogP contribution in [0.3, 0.4) is 0 Å². The van der Waals surface area contributed by atoms with Gasteiger partial charge < -0.3 is 5.32 Å². The van der Waals surface area contributed by atoms with Crippen molar-refractivity contribution in [2.75, 3.05) is 5.32 Å². The molecule has 24 heavy (non-hydrogen) atoms. The number of amides is 3. The molecule has 3 N–H and O–H groups in total. The number of nitrogens with one attached hydrogen (secondary N) is 3. The fourth-order valence-electron chi connectivity index (χ4n) is 1.86. The van der Waals surface area contributed by atoms with E-state index >= 15 is 0 Å². The Morgan fingerprint density at radius 2 is 1.54 bits per heavy atom. The van der Waals surface area contributed by atoms with Crippen LogP contribution in [0.25, 0.3) is 0 Å². The molecule has 6 nitrogen and oxygen atoms in total. The predicted molar refractivity (Wildman–Crippen MR) is 91.4 cm³/mol. The number of anilines is 1. The molecule has 2 rings (SSSR count). The van der Waals surface area contributed by atoms with Gasteiger partial charge in [-0.15, -0.1) is 0 Å². The van der Waals surface area contributed by atoms with Gasteiger partial charge in [0, 0.05) is 29.1 Å². The number of carbonyl (C=O) groups excluding carboxylic acids is 3. The first-order valence-electron chi connectivity index (χ1n) is 7.24. The molecule has 0 heterocycles. The van der Waals surface area contributed by atoms with Crippen LogP contribution in [-0.4, -0.2) is 17.7 Å². The summed E-state index contributed by atoms with van der Waals surface area (Å²) in [6.07, 6.45) is -0.0394. The van der Waals surface area contributed by atoms with Gasteiger partial charge in [0.15, 0.2) is 0 Å². The summed E-state index contributed by atoms with van der Waals surface area (Å²) < 4.78 is 0. The molecule has 0 bridgehead atoms. The second-order valence-electron chi connectivity index (χ2n) is 4.93. The lowest BCUT2D eigenvalue weighted by atomic mass is 10.2. The van der Waals surface area contributed by atoms with Crippen LogP contribution >= 0.6 is 11.6 Å². The van der Waals surface area contributed by atoms with Crippen molar-refractivity contribution in [1.29, 1.82) is 0 Å². The fourth-order valence-corrected chi connectivity index (χ4v) is 2.05. The molecule has 0 saturated carbocycles. The Morgan fingerprint density at radius 1 is 0.833 bits per heavy atom. The monoisotopic (exact) mass is 345 g/mol. The normalized spacial score (nSPS) is 9.88. The second-order valence-corrected chi connectivity index (χ2v) is 5.36. The summed E-state index contributed by atoms with van der Waals surface area (Å²) in [6.45, 7) is 0. The van der Waals surface area contributed by atoms with Crippen LogP contribution in [0.1, 0.15) is 23.2 Å². The summed E-state index contributed by atoms with van der Waals surface area (Å²) in [4.78, 5) is 35.2. The SMILES string of the molecule is O=C(CCC(=O)Nc1ccccc1)NNC(=O)c1cccc(Cl)c1. The van der Waals surface area contributed by atoms with E-state index in [1.807, 2.05) is 6.07 Å². The van der Waals surface area contributed by atoms with E-state index in [9.17, 15) is 14.4 Å². The number of halogens is 1. The lowest BCUT2D eigenvalue weighted by molar-refractivity contribution is -0.124. The molecule has 0 atom stereocenters. The predicted octanol–water partition coefficient (Wildman–Crippen LogP) is 2.52. The molecule has 0 radical (unpaired) electrons. The molecule has 0 aliphatic rings. The molecule has 0 saturated heterocycles. The highest BCUT2D eigenvalue weighted by Gasteiger charge is 2.10. The topological polar surface area (TPSA) is 87.3 Å². The van der Waals surface area contributed by atoms with Crippen LogP contribution in [0.15, 0.2) is 54.6 Å². The highest BCUT2D eigenvalue weighted by atomic mass is 35.5. The Morgan fingerprint density at radius 3 is 2.25 bits per heavy atom. The zero-order chi connectivity index (χ0) is 17.4. The average Bonchev–Trinajstić information content (AvgIpc) is 2.58. The first-order valence-corrected chi connectivity index (χ1v) is 7.62. The third-order valence-electron chi connectivity index (χ3n) is 3.04. The first kappa shape index (κ1) is 17.5. The minimum absolute atomic E-state index is 0.00770. The standard InChI is InChI=1S/C17H16ClN3O3/c18-13-6-4-5-12(11-13)17(24)21-20-16(23)10-9-15(22)19-14-7-2-1-3-8-14/h1-8,11H,9-10H2,(H,19,22)(H,20,23)(H,21,24). The van der Waals surface area contributed by atoms with E-state index in [-0.39, 0.29) is 18.7 Å². The lowest BCUT2D eigenvalue weighted by Crippen LogP contribution is -2.41. The van der Waals surface area contributed by atoms with Gasteiger partial charge in [0.05, 0.1) is 0 Å². The largest absolute Gasteiger partial charge is 0.326 e. The number of hydrazine groups is 1. The van der Waals surface area contributed by atoms with Crippen molar-refractivity contribution < 1.29 is 14.4 Å². The summed E-state index contributed by atoms with van der Waals surface area (Å²) in [6, 6.07) is 15.3. The molecule has 0 aromatic heterocycles. The van der Waals surface area contributed by atoms with E-state index in [1.165, 1.54) is 6.07 Å². The molecular weight excluding hydrogens is 330 g/mol. The first-order chi connectivity index (χ1) is 11.5. The third-order valence-corrected chi connectivity index (χ3v) is 3.27. The molecule has 0 unspecified atom stereocenters. The number of benzene rings is 2. The van der Waals surface area contributed by atoms with Gasteiger partial charge in [-0.05, 0) is 30.3 Å². The van der Waals surface area contributed by atoms with Crippen molar-refractivity contribution in [1.82, 2.24) is 10.9 Å². The lowest BCUT2D eigenvalue weighted by Gasteiger charge is -2.08. The number of rotatable bonds is 5. The minimum atomic E-state index is -0.486. The maximum absolute atomic E-state index is 11.8. The highest BCUT2D eigenvalue weighted by Crippen LogP contribution is 2.10. The van der Waals surface area contributed by atoms with Crippen molar-refractivity contribution in [3.05, 3.63) is 65.2 Å². The molecule has 2 aromatic rings. The number of hydrogen-bond acceptors (Lipinski definition) is 3. The van der Waals surface area contributed by atoms with E-state index in [2.05, 4.69) is 16.2 Å². The summed E-state index contributed by atoms with van der Waals surface area (Å²) in [5.41, 5.74) is 5.52. The van der Waals surface area contributed by atoms with E-state index in [0.29, 0.717) is 16.3 Å². The minimum Gasteiger partial charge on any atom is -0.326 e. The van der Waals surface area contributed by atoms with Gasteiger partial charge in [-0.1, -0.05) is 35.9 Å². The molecular formula is C17H16ClN3O3. The van der Waals surface area contributed by atoms with E-state index in [4.69, 9.17) is 11.6 Å². The Balaban J connectivity index is 1.71. The zero-order valence-corrected chi connectivity index (χ0v) is 13.5. The Kier molecular flexibility index (Phi) is 6.33. The van der Waals surface area contributed by atoms with E-state index < -0.39 is 11.8 Å². The highest BCUT2D eigenvalue weighted by molar-refractivity contribution is 6.30.